The molecule has 0 radical (unpaired) electrons. The van der Waals surface area contributed by atoms with Gasteiger partial charge in [-0.3, -0.25) is 4.79 Å². The van der Waals surface area contributed by atoms with E-state index in [4.69, 9.17) is 4.74 Å². The van der Waals surface area contributed by atoms with Crippen LogP contribution in [0, 0.1) is 41.4 Å². The van der Waals surface area contributed by atoms with Gasteiger partial charge in [0.05, 0.1) is 12.0 Å². The van der Waals surface area contributed by atoms with E-state index in [-0.39, 0.29) is 28.6 Å². The predicted octanol–water partition coefficient (Wildman–Crippen LogP) is 2.61. The summed E-state index contributed by atoms with van der Waals surface area (Å²) in [5, 5.41) is 34.1. The second-order valence-electron chi connectivity index (χ2n) is 11.0. The molecule has 1 aromatic rings. The van der Waals surface area contributed by atoms with E-state index in [9.17, 15) is 20.1 Å². The molecule has 1 spiro atoms. The monoisotopic (exact) mass is 439 g/mol. The number of aliphatic hydroxyl groups is 3. The summed E-state index contributed by atoms with van der Waals surface area (Å²) in [4.78, 5) is 18.6. The predicted molar refractivity (Wildman–Crippen MR) is 119 cm³/mol. The fourth-order valence-corrected chi connectivity index (χ4v) is 7.30. The number of ketones is 1. The van der Waals surface area contributed by atoms with Gasteiger partial charge in [-0.2, -0.15) is 0 Å². The van der Waals surface area contributed by atoms with Crippen LogP contribution >= 0.6 is 0 Å². The fraction of sp³-hybridized carbons (Fsp3) is 0.615. The molecule has 32 heavy (non-hydrogen) atoms. The first-order valence-electron chi connectivity index (χ1n) is 11.6. The highest BCUT2D eigenvalue weighted by Crippen LogP contribution is 2.71. The second-order valence-corrected chi connectivity index (χ2v) is 11.0. The molecule has 8 atom stereocenters. The van der Waals surface area contributed by atoms with Crippen LogP contribution in [0.3, 0.4) is 0 Å². The minimum Gasteiger partial charge on any atom is -0.466 e. The van der Waals surface area contributed by atoms with Gasteiger partial charge in [-0.25, -0.2) is 4.98 Å². The second kappa shape index (κ2) is 6.75. The van der Waals surface area contributed by atoms with E-state index in [0.29, 0.717) is 17.4 Å². The lowest BCUT2D eigenvalue weighted by molar-refractivity contribution is -0.186. The maximum absolute atomic E-state index is 14.3. The van der Waals surface area contributed by atoms with Crippen LogP contribution in [0.4, 0.5) is 0 Å². The van der Waals surface area contributed by atoms with Crippen molar-refractivity contribution in [1.82, 2.24) is 4.98 Å². The molecule has 6 heteroatoms. The first kappa shape index (κ1) is 21.8. The summed E-state index contributed by atoms with van der Waals surface area (Å²) < 4.78 is 6.26. The average molecular weight is 440 g/mol. The van der Waals surface area contributed by atoms with Gasteiger partial charge in [0.15, 0.2) is 17.5 Å². The zero-order chi connectivity index (χ0) is 23.2. The summed E-state index contributed by atoms with van der Waals surface area (Å²) >= 11 is 0. The molecule has 4 aliphatic carbocycles. The highest BCUT2D eigenvalue weighted by Gasteiger charge is 2.76. The zero-order valence-electron chi connectivity index (χ0n) is 19.4. The van der Waals surface area contributed by atoms with Crippen molar-refractivity contribution >= 4 is 5.78 Å². The standard InChI is InChI=1S/C26H33NO5/c1-13-7-6-8-27-23(13)32-22-14(2)11-25-15(3)9-18-19(24(18,4)5)17(21(25)30)10-16(12-28)20(29)26(22,25)31/h6-8,10-11,15,17-20,22,28-29,31H,9,12H2,1-5H3/t15-,17+,18-,19+,20-,22+,25?,26+/m1/s1. The number of aryl methyl sites for hydroxylation is 1. The topological polar surface area (TPSA) is 99.9 Å². The highest BCUT2D eigenvalue weighted by atomic mass is 16.5. The first-order chi connectivity index (χ1) is 15.0. The van der Waals surface area contributed by atoms with Gasteiger partial charge in [0.25, 0.3) is 0 Å². The third-order valence-corrected chi connectivity index (χ3v) is 9.09. The van der Waals surface area contributed by atoms with Crippen molar-refractivity contribution in [2.75, 3.05) is 6.61 Å². The number of hydrogen-bond acceptors (Lipinski definition) is 6. The highest BCUT2D eigenvalue weighted by molar-refractivity contribution is 5.95. The van der Waals surface area contributed by atoms with E-state index in [2.05, 4.69) is 18.8 Å². The van der Waals surface area contributed by atoms with E-state index in [1.165, 1.54) is 0 Å². The van der Waals surface area contributed by atoms with Gasteiger partial charge in [-0.05, 0) is 60.6 Å². The van der Waals surface area contributed by atoms with Gasteiger partial charge in [-0.15, -0.1) is 0 Å². The summed E-state index contributed by atoms with van der Waals surface area (Å²) in [6, 6.07) is 3.67. The van der Waals surface area contributed by atoms with E-state index in [1.54, 1.807) is 18.3 Å². The molecule has 3 N–H and O–H groups in total. The number of hydrogen-bond donors (Lipinski definition) is 3. The van der Waals surface area contributed by atoms with Crippen LogP contribution in [-0.4, -0.2) is 50.5 Å². The van der Waals surface area contributed by atoms with E-state index < -0.39 is 35.7 Å². The van der Waals surface area contributed by atoms with Gasteiger partial charge in [0.2, 0.25) is 5.88 Å². The number of allylic oxidation sites excluding steroid dienone is 1. The molecule has 4 aliphatic rings. The first-order valence-corrected chi connectivity index (χ1v) is 11.6. The third kappa shape index (κ3) is 2.46. The number of ether oxygens (including phenoxy) is 1. The molecule has 0 amide bonds. The van der Waals surface area contributed by atoms with Crippen molar-refractivity contribution in [3.05, 3.63) is 47.2 Å². The molecule has 0 aromatic carbocycles. The Bertz CT molecular complexity index is 1040. The van der Waals surface area contributed by atoms with E-state index >= 15 is 0 Å². The summed E-state index contributed by atoms with van der Waals surface area (Å²) in [7, 11) is 0. The van der Waals surface area contributed by atoms with Crippen LogP contribution < -0.4 is 4.74 Å². The van der Waals surface area contributed by atoms with Crippen LogP contribution in [0.1, 0.15) is 39.7 Å². The number of carbonyl (C=O) groups is 1. The van der Waals surface area contributed by atoms with Crippen LogP contribution in [0.5, 0.6) is 5.88 Å². The minimum atomic E-state index is -1.94. The molecule has 2 fully saturated rings. The molecule has 6 nitrogen and oxygen atoms in total. The number of aromatic nitrogens is 1. The van der Waals surface area contributed by atoms with Crippen molar-refractivity contribution in [2.24, 2.45) is 34.5 Å². The lowest BCUT2D eigenvalue weighted by Gasteiger charge is -2.49. The molecular formula is C26H33NO5. The number of pyridine rings is 1. The van der Waals surface area contributed by atoms with E-state index in [0.717, 1.165) is 12.0 Å². The van der Waals surface area contributed by atoms with Gasteiger partial charge < -0.3 is 20.1 Å². The molecule has 0 saturated heterocycles. The molecule has 1 heterocycles. The number of rotatable bonds is 3. The number of aliphatic hydroxyl groups excluding tert-OH is 2. The number of nitrogens with zero attached hydrogens (tertiary/aromatic N) is 1. The molecule has 172 valence electrons. The molecule has 5 rings (SSSR count). The van der Waals surface area contributed by atoms with Gasteiger partial charge in [-0.1, -0.05) is 39.0 Å². The smallest absolute Gasteiger partial charge is 0.216 e. The SMILES string of the molecule is CC1=CC23C(=O)[C@@H](C=C(CO)[C@@H](O)[C@]2(O)[C@H]1Oc1ncccc1C)[C@H]1[C@@H](C[C@H]3C)C1(C)C. The Morgan fingerprint density at radius 1 is 1.28 bits per heavy atom. The third-order valence-electron chi connectivity index (χ3n) is 9.09. The largest absolute Gasteiger partial charge is 0.466 e. The minimum absolute atomic E-state index is 0.0129. The molecule has 2 saturated carbocycles. The number of Topliss-reactive ketones (excluding diaryl/α,β-unsaturated/α-hetero) is 1. The van der Waals surface area contributed by atoms with Crippen molar-refractivity contribution in [1.29, 1.82) is 0 Å². The summed E-state index contributed by atoms with van der Waals surface area (Å²) in [5.74, 6) is 0.124. The maximum Gasteiger partial charge on any atom is 0.216 e. The van der Waals surface area contributed by atoms with Gasteiger partial charge in [0.1, 0.15) is 6.10 Å². The van der Waals surface area contributed by atoms with Crippen molar-refractivity contribution in [2.45, 2.75) is 58.8 Å². The van der Waals surface area contributed by atoms with Gasteiger partial charge in [0, 0.05) is 17.7 Å². The Labute approximate surface area is 189 Å². The summed E-state index contributed by atoms with van der Waals surface area (Å²) in [6.45, 7) is 9.65. The van der Waals surface area contributed by atoms with Crippen LogP contribution in [0.2, 0.25) is 0 Å². The zero-order valence-corrected chi connectivity index (χ0v) is 19.4. The van der Waals surface area contributed by atoms with Crippen molar-refractivity contribution < 1.29 is 24.9 Å². The quantitative estimate of drug-likeness (QED) is 0.626. The maximum atomic E-state index is 14.3. The van der Waals surface area contributed by atoms with Gasteiger partial charge >= 0.3 is 0 Å². The number of fused-ring (bicyclic) bond motifs is 3. The Balaban J connectivity index is 1.70. The molecule has 1 unspecified atom stereocenters. The summed E-state index contributed by atoms with van der Waals surface area (Å²) in [5.41, 5.74) is -1.44. The Morgan fingerprint density at radius 2 is 2.00 bits per heavy atom. The molecule has 2 bridgehead atoms. The molecular weight excluding hydrogens is 406 g/mol. The normalized spacial score (nSPS) is 43.9. The molecule has 0 aliphatic heterocycles. The van der Waals surface area contributed by atoms with E-state index in [1.807, 2.05) is 32.9 Å². The van der Waals surface area contributed by atoms with Crippen molar-refractivity contribution in [3.63, 3.8) is 0 Å². The van der Waals surface area contributed by atoms with Crippen LogP contribution in [0.25, 0.3) is 0 Å². The van der Waals surface area contributed by atoms with Crippen LogP contribution in [-0.2, 0) is 4.79 Å². The fourth-order valence-electron chi connectivity index (χ4n) is 7.30. The Kier molecular flexibility index (Phi) is 4.60. The summed E-state index contributed by atoms with van der Waals surface area (Å²) in [6.07, 6.45) is 3.59. The van der Waals surface area contributed by atoms with Crippen molar-refractivity contribution in [3.8, 4) is 5.88 Å². The average Bonchev–Trinajstić information content (AvgIpc) is 3.23. The van der Waals surface area contributed by atoms with Crippen LogP contribution in [0.15, 0.2) is 41.6 Å². The Morgan fingerprint density at radius 3 is 2.66 bits per heavy atom. The Hall–Kier alpha value is -2.02. The number of carbonyl (C=O) groups excluding carboxylic acids is 1. The lowest BCUT2D eigenvalue weighted by Crippen LogP contribution is -2.66. The molecule has 1 aromatic heterocycles. The lowest BCUT2D eigenvalue weighted by atomic mass is 9.59.